The molecule has 1 aliphatic heterocycles. The number of hydrogen-bond donors (Lipinski definition) is 0. The monoisotopic (exact) mass is 428 g/mol. The minimum Gasteiger partial charge on any atom is -0.497 e. The van der Waals surface area contributed by atoms with E-state index in [0.29, 0.717) is 23.5 Å². The van der Waals surface area contributed by atoms with Crippen molar-refractivity contribution in [2.24, 2.45) is 5.16 Å². The van der Waals surface area contributed by atoms with E-state index in [-0.39, 0.29) is 18.4 Å². The number of oxime groups is 1. The lowest BCUT2D eigenvalue weighted by Gasteiger charge is -2.30. The van der Waals surface area contributed by atoms with Gasteiger partial charge in [0.05, 0.1) is 19.9 Å². The summed E-state index contributed by atoms with van der Waals surface area (Å²) in [5.74, 6) is -0.620. The van der Waals surface area contributed by atoms with Crippen molar-refractivity contribution in [3.8, 4) is 5.75 Å². The highest BCUT2D eigenvalue weighted by Gasteiger charge is 2.37. The van der Waals surface area contributed by atoms with Crippen LogP contribution in [0.1, 0.15) is 38.5 Å². The highest BCUT2D eigenvalue weighted by Crippen LogP contribution is 2.29. The second kappa shape index (κ2) is 9.47. The maximum atomic E-state index is 13.3. The molecule has 0 saturated carbocycles. The van der Waals surface area contributed by atoms with Gasteiger partial charge in [-0.05, 0) is 41.8 Å². The number of carbonyl (C=O) groups excluding carboxylic acids is 2. The van der Waals surface area contributed by atoms with E-state index >= 15 is 0 Å². The number of amides is 2. The molecule has 2 amide bonds. The van der Waals surface area contributed by atoms with Gasteiger partial charge in [0.25, 0.3) is 5.91 Å². The van der Waals surface area contributed by atoms with Crippen LogP contribution in [-0.4, -0.2) is 30.0 Å². The fourth-order valence-corrected chi connectivity index (χ4v) is 3.62. The molecule has 0 saturated heterocycles. The van der Waals surface area contributed by atoms with Gasteiger partial charge in [0.1, 0.15) is 18.3 Å². The summed E-state index contributed by atoms with van der Waals surface area (Å²) in [6.45, 7) is 2.49. The van der Waals surface area contributed by atoms with Crippen molar-refractivity contribution in [2.45, 2.75) is 26.0 Å². The minimum absolute atomic E-state index is 0.171. The molecule has 1 aliphatic rings. The van der Waals surface area contributed by atoms with Gasteiger partial charge in [-0.3, -0.25) is 14.5 Å². The molecule has 32 heavy (non-hydrogen) atoms. The number of ether oxygens (including phenoxy) is 1. The summed E-state index contributed by atoms with van der Waals surface area (Å²) in [6, 6.07) is 22.4. The number of imide groups is 1. The summed E-state index contributed by atoms with van der Waals surface area (Å²) < 4.78 is 5.18. The Hall–Kier alpha value is -3.93. The number of carbonyl (C=O) groups is 2. The molecule has 0 N–H and O–H groups in total. The highest BCUT2D eigenvalue weighted by molar-refractivity contribution is 6.16. The number of benzene rings is 3. The van der Waals surface area contributed by atoms with E-state index in [0.717, 1.165) is 11.1 Å². The van der Waals surface area contributed by atoms with E-state index in [2.05, 4.69) is 5.16 Å². The van der Waals surface area contributed by atoms with Gasteiger partial charge in [0.15, 0.2) is 0 Å². The number of methoxy groups -OCH3 is 1. The van der Waals surface area contributed by atoms with E-state index < -0.39 is 5.92 Å². The second-order valence-corrected chi connectivity index (χ2v) is 7.66. The molecule has 0 bridgehead atoms. The van der Waals surface area contributed by atoms with Gasteiger partial charge in [-0.2, -0.15) is 0 Å². The van der Waals surface area contributed by atoms with Crippen LogP contribution >= 0.6 is 0 Å². The Balaban J connectivity index is 1.53. The van der Waals surface area contributed by atoms with Crippen LogP contribution in [0.5, 0.6) is 5.75 Å². The van der Waals surface area contributed by atoms with E-state index in [9.17, 15) is 9.59 Å². The number of aryl methyl sites for hydroxylation is 1. The molecule has 162 valence electrons. The zero-order valence-electron chi connectivity index (χ0n) is 18.0. The predicted molar refractivity (Wildman–Crippen MR) is 122 cm³/mol. The van der Waals surface area contributed by atoms with E-state index in [1.807, 2.05) is 49.4 Å². The molecule has 0 aliphatic carbocycles. The van der Waals surface area contributed by atoms with Gasteiger partial charge in [-0.1, -0.05) is 65.3 Å². The molecule has 0 fully saturated rings. The van der Waals surface area contributed by atoms with Gasteiger partial charge in [-0.15, -0.1) is 0 Å². The van der Waals surface area contributed by atoms with Gasteiger partial charge >= 0.3 is 0 Å². The number of hydrogen-bond acceptors (Lipinski definition) is 5. The summed E-state index contributed by atoms with van der Waals surface area (Å²) in [7, 11) is 1.59. The van der Waals surface area contributed by atoms with Crippen LogP contribution in [0.25, 0.3) is 0 Å². The minimum atomic E-state index is -0.694. The zero-order valence-corrected chi connectivity index (χ0v) is 18.0. The average Bonchev–Trinajstić information content (AvgIpc) is 2.83. The Bertz CT molecular complexity index is 1140. The standard InChI is InChI=1S/C26H24N2O4/c1-18-7-9-20(10-8-18)17-32-27-15-24-22-5-3-4-6-23(22)25(29)28(26(24)30)16-19-11-13-21(31-2)14-12-19/h3-15,24H,16-17H2,1-2H3/b27-15+/t24-/m1/s1. The first-order valence-electron chi connectivity index (χ1n) is 10.4. The average molecular weight is 428 g/mol. The Kier molecular flexibility index (Phi) is 6.31. The fraction of sp³-hybridized carbons (Fsp3) is 0.192. The van der Waals surface area contributed by atoms with Crippen LogP contribution in [0.3, 0.4) is 0 Å². The zero-order chi connectivity index (χ0) is 22.5. The Morgan fingerprint density at radius 1 is 0.938 bits per heavy atom. The largest absolute Gasteiger partial charge is 0.497 e. The van der Waals surface area contributed by atoms with Crippen molar-refractivity contribution in [1.82, 2.24) is 4.90 Å². The van der Waals surface area contributed by atoms with Crippen LogP contribution in [0.15, 0.2) is 78.0 Å². The second-order valence-electron chi connectivity index (χ2n) is 7.66. The molecular weight excluding hydrogens is 404 g/mol. The lowest BCUT2D eigenvalue weighted by atomic mass is 9.89. The highest BCUT2D eigenvalue weighted by atomic mass is 16.6. The normalized spacial score (nSPS) is 15.7. The number of fused-ring (bicyclic) bond motifs is 1. The summed E-state index contributed by atoms with van der Waals surface area (Å²) in [4.78, 5) is 33.0. The first-order chi connectivity index (χ1) is 15.6. The van der Waals surface area contributed by atoms with Crippen molar-refractivity contribution in [1.29, 1.82) is 0 Å². The maximum absolute atomic E-state index is 13.3. The van der Waals surface area contributed by atoms with Gasteiger partial charge in [0, 0.05) is 5.56 Å². The third-order valence-corrected chi connectivity index (χ3v) is 5.44. The smallest absolute Gasteiger partial charge is 0.261 e. The Morgan fingerprint density at radius 2 is 1.62 bits per heavy atom. The fourth-order valence-electron chi connectivity index (χ4n) is 3.62. The third kappa shape index (κ3) is 4.54. The Morgan fingerprint density at radius 3 is 2.34 bits per heavy atom. The summed E-state index contributed by atoms with van der Waals surface area (Å²) >= 11 is 0. The molecule has 6 nitrogen and oxygen atoms in total. The van der Waals surface area contributed by atoms with Crippen LogP contribution in [0, 0.1) is 6.92 Å². The first kappa shape index (κ1) is 21.3. The molecule has 4 rings (SSSR count). The molecule has 0 radical (unpaired) electrons. The van der Waals surface area contributed by atoms with E-state index in [4.69, 9.17) is 9.57 Å². The summed E-state index contributed by atoms with van der Waals surface area (Å²) in [5.41, 5.74) is 4.12. The number of rotatable bonds is 7. The van der Waals surface area contributed by atoms with Gasteiger partial charge in [-0.25, -0.2) is 0 Å². The SMILES string of the molecule is COc1ccc(CN2C(=O)c3ccccc3[C@@H](/C=N/OCc3ccc(C)cc3)C2=O)cc1. The quantitative estimate of drug-likeness (QED) is 0.316. The molecule has 6 heteroatoms. The predicted octanol–water partition coefficient (Wildman–Crippen LogP) is 4.47. The van der Waals surface area contributed by atoms with Crippen molar-refractivity contribution in [3.05, 3.63) is 101 Å². The number of nitrogens with zero attached hydrogens (tertiary/aromatic N) is 2. The van der Waals surface area contributed by atoms with Crippen LogP contribution in [0.4, 0.5) is 0 Å². The molecule has 1 heterocycles. The first-order valence-corrected chi connectivity index (χ1v) is 10.4. The molecular formula is C26H24N2O4. The van der Waals surface area contributed by atoms with Crippen LogP contribution in [0.2, 0.25) is 0 Å². The molecule has 3 aromatic rings. The van der Waals surface area contributed by atoms with Crippen molar-refractivity contribution < 1.29 is 19.2 Å². The summed E-state index contributed by atoms with van der Waals surface area (Å²) in [5, 5.41) is 4.05. The van der Waals surface area contributed by atoms with Gasteiger partial charge < -0.3 is 9.57 Å². The topological polar surface area (TPSA) is 68.2 Å². The van der Waals surface area contributed by atoms with Crippen molar-refractivity contribution in [3.63, 3.8) is 0 Å². The van der Waals surface area contributed by atoms with Crippen molar-refractivity contribution >= 4 is 18.0 Å². The van der Waals surface area contributed by atoms with Crippen molar-refractivity contribution in [2.75, 3.05) is 7.11 Å². The van der Waals surface area contributed by atoms with Crippen LogP contribution < -0.4 is 4.74 Å². The molecule has 0 spiro atoms. The molecule has 1 atom stereocenters. The third-order valence-electron chi connectivity index (χ3n) is 5.44. The lowest BCUT2D eigenvalue weighted by Crippen LogP contribution is -2.44. The van der Waals surface area contributed by atoms with Crippen LogP contribution in [-0.2, 0) is 22.8 Å². The molecule has 0 aromatic heterocycles. The molecule has 0 unspecified atom stereocenters. The lowest BCUT2D eigenvalue weighted by molar-refractivity contribution is -0.129. The van der Waals surface area contributed by atoms with Gasteiger partial charge in [0.2, 0.25) is 5.91 Å². The Labute approximate surface area is 187 Å². The maximum Gasteiger partial charge on any atom is 0.261 e. The summed E-state index contributed by atoms with van der Waals surface area (Å²) in [6.07, 6.45) is 1.48. The molecule has 3 aromatic carbocycles. The van der Waals surface area contributed by atoms with E-state index in [1.54, 1.807) is 37.4 Å². The van der Waals surface area contributed by atoms with E-state index in [1.165, 1.54) is 16.7 Å².